The molecule has 27 heavy (non-hydrogen) atoms. The van der Waals surface area contributed by atoms with Gasteiger partial charge in [0.25, 0.3) is 0 Å². The summed E-state index contributed by atoms with van der Waals surface area (Å²) < 4.78 is 37.1. The predicted octanol–water partition coefficient (Wildman–Crippen LogP) is 3.15. The number of carboxylic acids is 1. The average Bonchev–Trinajstić information content (AvgIpc) is 2.75. The number of carboxylic acid groups (broad SMARTS) is 1. The normalized spacial score (nSPS) is 20.2. The molecule has 1 saturated heterocycles. The summed E-state index contributed by atoms with van der Waals surface area (Å²) in [5.74, 6) is -1.35. The lowest BCUT2D eigenvalue weighted by Gasteiger charge is -2.39. The van der Waals surface area contributed by atoms with Crippen molar-refractivity contribution in [2.75, 3.05) is 45.8 Å². The molecular weight excluding hydrogens is 364 g/mol. The van der Waals surface area contributed by atoms with Gasteiger partial charge < -0.3 is 9.84 Å². The van der Waals surface area contributed by atoms with Gasteiger partial charge in [-0.3, -0.25) is 9.80 Å². The molecule has 1 atom stereocenters. The van der Waals surface area contributed by atoms with Gasteiger partial charge in [0.05, 0.1) is 15.3 Å². The van der Waals surface area contributed by atoms with E-state index in [0.717, 1.165) is 11.1 Å². The lowest BCUT2D eigenvalue weighted by atomic mass is 9.96. The number of ether oxygens (including phenoxy) is 1. The molecule has 0 bridgehead atoms. The Labute approximate surface area is 170 Å². The van der Waals surface area contributed by atoms with Crippen LogP contribution >= 0.6 is 11.6 Å². The van der Waals surface area contributed by atoms with Crippen molar-refractivity contribution >= 4 is 17.6 Å². The highest BCUT2D eigenvalue weighted by molar-refractivity contribution is 6.30. The minimum atomic E-state index is -2.76. The first kappa shape index (κ1) is 15.1. The van der Waals surface area contributed by atoms with Crippen LogP contribution in [0.25, 0.3) is 0 Å². The number of carbonyl (C=O) groups is 1. The van der Waals surface area contributed by atoms with Gasteiger partial charge >= 0.3 is 5.97 Å². The fraction of sp³-hybridized carbons (Fsp3) is 0.381. The van der Waals surface area contributed by atoms with E-state index in [4.69, 9.17) is 26.9 Å². The molecule has 144 valence electrons. The molecule has 5 nitrogen and oxygen atoms in total. The predicted molar refractivity (Wildman–Crippen MR) is 106 cm³/mol. The quantitative estimate of drug-likeness (QED) is 0.747. The Bertz CT molecular complexity index is 876. The third kappa shape index (κ3) is 5.78. The monoisotopic (exact) mass is 392 g/mol. The van der Waals surface area contributed by atoms with E-state index in [9.17, 15) is 4.79 Å². The first-order chi connectivity index (χ1) is 14.6. The van der Waals surface area contributed by atoms with E-state index in [2.05, 4.69) is 4.90 Å². The highest BCUT2D eigenvalue weighted by atomic mass is 35.5. The summed E-state index contributed by atoms with van der Waals surface area (Å²) in [5.41, 5.74) is 2.16. The minimum absolute atomic E-state index is 0.0495. The largest absolute Gasteiger partial charge is 0.480 e. The van der Waals surface area contributed by atoms with E-state index in [1.54, 1.807) is 0 Å². The maximum atomic E-state index is 10.7. The van der Waals surface area contributed by atoms with Crippen molar-refractivity contribution in [3.05, 3.63) is 70.7 Å². The van der Waals surface area contributed by atoms with Crippen molar-refractivity contribution in [2.24, 2.45) is 0 Å². The minimum Gasteiger partial charge on any atom is -0.480 e. The molecule has 1 heterocycles. The lowest BCUT2D eigenvalue weighted by Crippen LogP contribution is -2.48. The number of hydrogen-bond acceptors (Lipinski definition) is 4. The van der Waals surface area contributed by atoms with Gasteiger partial charge in [0.15, 0.2) is 0 Å². The first-order valence-corrected chi connectivity index (χ1v) is 9.15. The number of hydrogen-bond donors (Lipinski definition) is 1. The maximum Gasteiger partial charge on any atom is 0.329 e. The van der Waals surface area contributed by atoms with Crippen LogP contribution in [0.1, 0.15) is 22.7 Å². The van der Waals surface area contributed by atoms with Crippen LogP contribution in [0, 0.1) is 0 Å². The summed E-state index contributed by atoms with van der Waals surface area (Å²) in [7, 11) is 0. The van der Waals surface area contributed by atoms with E-state index >= 15 is 0 Å². The molecule has 2 aromatic carbocycles. The van der Waals surface area contributed by atoms with Crippen molar-refractivity contribution in [2.45, 2.75) is 6.04 Å². The molecule has 0 saturated carbocycles. The standard InChI is InChI=1S/C21H25ClN2O3/c22-19-8-6-18(7-9-19)21(17-4-2-1-3-5-17)24-12-10-23(11-13-24)14-15-27-16-20(25)26/h1-9,21H,10-16H2,(H,25,26)/t21-/m1/s1/i14D2,15D2. The summed E-state index contributed by atoms with van der Waals surface area (Å²) in [4.78, 5) is 14.3. The Morgan fingerprint density at radius 3 is 2.33 bits per heavy atom. The van der Waals surface area contributed by atoms with Gasteiger partial charge in [-0.2, -0.15) is 0 Å². The fourth-order valence-electron chi connectivity index (χ4n) is 3.18. The second kappa shape index (κ2) is 9.85. The zero-order chi connectivity index (χ0) is 22.6. The van der Waals surface area contributed by atoms with Crippen LogP contribution in [0.2, 0.25) is 5.02 Å². The van der Waals surface area contributed by atoms with Crippen LogP contribution in [0.3, 0.4) is 0 Å². The SMILES string of the molecule is [2H]C([2H])(OCC(=O)O)C([2H])([2H])N1CCN([C@H](c2ccccc2)c2ccc(Cl)cc2)CC1. The van der Waals surface area contributed by atoms with Gasteiger partial charge in [0.1, 0.15) is 6.61 Å². The van der Waals surface area contributed by atoms with Crippen LogP contribution in [0.5, 0.6) is 0 Å². The Morgan fingerprint density at radius 2 is 1.70 bits per heavy atom. The number of benzene rings is 2. The first-order valence-electron chi connectivity index (χ1n) is 10.8. The Kier molecular flexibility index (Phi) is 5.49. The van der Waals surface area contributed by atoms with E-state index < -0.39 is 25.6 Å². The molecule has 0 spiro atoms. The van der Waals surface area contributed by atoms with Crippen molar-refractivity contribution in [1.29, 1.82) is 0 Å². The molecule has 2 aromatic rings. The van der Waals surface area contributed by atoms with Crippen LogP contribution < -0.4 is 0 Å². The molecular formula is C21H25ClN2O3. The summed E-state index contributed by atoms with van der Waals surface area (Å²) in [6.45, 7) is -4.62. The highest BCUT2D eigenvalue weighted by Crippen LogP contribution is 2.30. The molecule has 0 aliphatic carbocycles. The molecule has 1 aliphatic heterocycles. The Balaban J connectivity index is 1.76. The summed E-state index contributed by atoms with van der Waals surface area (Å²) in [6.07, 6.45) is 0. The lowest BCUT2D eigenvalue weighted by molar-refractivity contribution is -0.142. The molecule has 3 rings (SSSR count). The number of halogens is 1. The molecule has 6 heteroatoms. The number of rotatable bonds is 8. The molecule has 0 aromatic heterocycles. The van der Waals surface area contributed by atoms with Crippen LogP contribution in [-0.2, 0) is 9.53 Å². The van der Waals surface area contributed by atoms with E-state index in [-0.39, 0.29) is 19.1 Å². The van der Waals surface area contributed by atoms with Crippen molar-refractivity contribution in [3.63, 3.8) is 0 Å². The van der Waals surface area contributed by atoms with Gasteiger partial charge in [0, 0.05) is 40.4 Å². The molecule has 1 fully saturated rings. The smallest absolute Gasteiger partial charge is 0.329 e. The van der Waals surface area contributed by atoms with Crippen LogP contribution in [0.4, 0.5) is 0 Å². The second-order valence-electron chi connectivity index (χ2n) is 6.28. The fourth-order valence-corrected chi connectivity index (χ4v) is 3.31. The third-order valence-electron chi connectivity index (χ3n) is 4.45. The Morgan fingerprint density at radius 1 is 1.07 bits per heavy atom. The van der Waals surface area contributed by atoms with Crippen molar-refractivity contribution in [1.82, 2.24) is 9.80 Å². The topological polar surface area (TPSA) is 53.0 Å². The number of nitrogens with zero attached hydrogens (tertiary/aromatic N) is 2. The molecule has 1 aliphatic rings. The second-order valence-corrected chi connectivity index (χ2v) is 6.72. The average molecular weight is 393 g/mol. The Hall–Kier alpha value is -1.92. The van der Waals surface area contributed by atoms with Gasteiger partial charge in [-0.05, 0) is 23.3 Å². The maximum absolute atomic E-state index is 10.7. The zero-order valence-corrected chi connectivity index (χ0v) is 15.6. The summed E-state index contributed by atoms with van der Waals surface area (Å²) in [5, 5.41) is 9.39. The molecule has 1 N–H and O–H groups in total. The zero-order valence-electron chi connectivity index (χ0n) is 18.8. The van der Waals surface area contributed by atoms with Crippen LogP contribution in [-0.4, -0.2) is 66.7 Å². The summed E-state index contributed by atoms with van der Waals surface area (Å²) >= 11 is 6.06. The van der Waals surface area contributed by atoms with Gasteiger partial charge in [-0.1, -0.05) is 54.1 Å². The van der Waals surface area contributed by atoms with Gasteiger partial charge in [0.2, 0.25) is 0 Å². The van der Waals surface area contributed by atoms with E-state index in [1.165, 1.54) is 4.90 Å². The molecule has 0 radical (unpaired) electrons. The van der Waals surface area contributed by atoms with E-state index in [1.807, 2.05) is 54.6 Å². The van der Waals surface area contributed by atoms with Gasteiger partial charge in [-0.15, -0.1) is 0 Å². The molecule has 0 amide bonds. The van der Waals surface area contributed by atoms with E-state index in [0.29, 0.717) is 18.1 Å². The third-order valence-corrected chi connectivity index (χ3v) is 4.70. The summed E-state index contributed by atoms with van der Waals surface area (Å²) in [6, 6.07) is 17.6. The highest BCUT2D eigenvalue weighted by Gasteiger charge is 2.26. The number of piperazine rings is 1. The molecule has 0 unspecified atom stereocenters. The number of aliphatic carboxylic acids is 1. The van der Waals surface area contributed by atoms with Crippen LogP contribution in [0.15, 0.2) is 54.6 Å². The van der Waals surface area contributed by atoms with Gasteiger partial charge in [-0.25, -0.2) is 4.79 Å². The van der Waals surface area contributed by atoms with Crippen molar-refractivity contribution < 1.29 is 20.1 Å². The van der Waals surface area contributed by atoms with Crippen molar-refractivity contribution in [3.8, 4) is 0 Å².